The van der Waals surface area contributed by atoms with Crippen LogP contribution in [-0.2, 0) is 0 Å². The van der Waals surface area contributed by atoms with Gasteiger partial charge in [0.15, 0.2) is 0 Å². The molecule has 1 unspecified atom stereocenters. The Bertz CT molecular complexity index is 697. The van der Waals surface area contributed by atoms with Crippen LogP contribution in [0.2, 0.25) is 5.02 Å². The van der Waals surface area contributed by atoms with Crippen molar-refractivity contribution < 1.29 is 5.11 Å². The van der Waals surface area contributed by atoms with Crippen LogP contribution in [0, 0.1) is 11.3 Å². The number of benzene rings is 2. The largest absolute Gasteiger partial charge is 0.508 e. The number of nitrogens with zero attached hydrogens (tertiary/aromatic N) is 1. The molecular weight excluding hydrogens is 352 g/mol. The molecule has 108 valence electrons. The summed E-state index contributed by atoms with van der Waals surface area (Å²) in [7, 11) is 0. The summed E-state index contributed by atoms with van der Waals surface area (Å²) >= 11 is 9.40. The van der Waals surface area contributed by atoms with Crippen molar-refractivity contribution in [3.8, 4) is 11.8 Å². The molecule has 21 heavy (non-hydrogen) atoms. The number of nitriles is 1. The first-order valence-corrected chi connectivity index (χ1v) is 7.66. The highest BCUT2D eigenvalue weighted by Crippen LogP contribution is 2.33. The molecule has 0 fully saturated rings. The van der Waals surface area contributed by atoms with Crippen molar-refractivity contribution in [3.63, 3.8) is 0 Å². The molecule has 0 radical (unpaired) electrons. The number of phenolic OH excluding ortho intramolecular Hbond substituents is 1. The molecule has 0 bridgehead atoms. The van der Waals surface area contributed by atoms with Gasteiger partial charge in [-0.25, -0.2) is 0 Å². The molecule has 0 aromatic heterocycles. The van der Waals surface area contributed by atoms with E-state index in [0.717, 1.165) is 16.5 Å². The smallest absolute Gasteiger partial charge is 0.120 e. The molecule has 2 aromatic rings. The van der Waals surface area contributed by atoms with E-state index in [4.69, 9.17) is 11.6 Å². The molecule has 1 atom stereocenters. The minimum Gasteiger partial charge on any atom is -0.508 e. The number of hydrogen-bond donors (Lipinski definition) is 2. The van der Waals surface area contributed by atoms with E-state index in [1.165, 1.54) is 0 Å². The lowest BCUT2D eigenvalue weighted by Crippen LogP contribution is -2.11. The van der Waals surface area contributed by atoms with Gasteiger partial charge in [-0.15, -0.1) is 0 Å². The van der Waals surface area contributed by atoms with Gasteiger partial charge in [0.05, 0.1) is 17.3 Å². The second kappa shape index (κ2) is 6.84. The molecule has 0 amide bonds. The third-order valence-electron chi connectivity index (χ3n) is 3.21. The number of anilines is 1. The molecule has 3 nitrogen and oxygen atoms in total. The van der Waals surface area contributed by atoms with Gasteiger partial charge in [0.1, 0.15) is 11.8 Å². The maximum absolute atomic E-state index is 10.0. The highest BCUT2D eigenvalue weighted by atomic mass is 79.9. The van der Waals surface area contributed by atoms with Gasteiger partial charge in [0, 0.05) is 15.1 Å². The Kier molecular flexibility index (Phi) is 5.11. The topological polar surface area (TPSA) is 56.0 Å². The summed E-state index contributed by atoms with van der Waals surface area (Å²) in [6.45, 7) is 2.01. The highest BCUT2D eigenvalue weighted by Gasteiger charge is 2.15. The Morgan fingerprint density at radius 3 is 2.76 bits per heavy atom. The van der Waals surface area contributed by atoms with Crippen LogP contribution in [0.1, 0.15) is 30.5 Å². The van der Waals surface area contributed by atoms with E-state index >= 15 is 0 Å². The Labute approximate surface area is 137 Å². The fraction of sp³-hybridized carbons (Fsp3) is 0.188. The van der Waals surface area contributed by atoms with Crippen molar-refractivity contribution >= 4 is 33.2 Å². The molecule has 0 saturated carbocycles. The quantitative estimate of drug-likeness (QED) is 0.778. The van der Waals surface area contributed by atoms with E-state index in [9.17, 15) is 10.4 Å². The lowest BCUT2D eigenvalue weighted by molar-refractivity contribution is 0.462. The average molecular weight is 366 g/mol. The SMILES string of the molecule is CCC(Nc1cc(Cl)ccc1C#N)c1cc(Br)ccc1O. The fourth-order valence-corrected chi connectivity index (χ4v) is 2.68. The van der Waals surface area contributed by atoms with E-state index in [0.29, 0.717) is 16.3 Å². The van der Waals surface area contributed by atoms with Crippen molar-refractivity contribution in [3.05, 3.63) is 57.0 Å². The molecule has 0 aliphatic carbocycles. The molecule has 5 heteroatoms. The lowest BCUT2D eigenvalue weighted by Gasteiger charge is -2.21. The average Bonchev–Trinajstić information content (AvgIpc) is 2.47. The summed E-state index contributed by atoms with van der Waals surface area (Å²) in [5.41, 5.74) is 1.96. The first-order chi connectivity index (χ1) is 10.0. The van der Waals surface area contributed by atoms with Crippen LogP contribution in [0.5, 0.6) is 5.75 Å². The van der Waals surface area contributed by atoms with E-state index in [2.05, 4.69) is 27.3 Å². The summed E-state index contributed by atoms with van der Waals surface area (Å²) in [5.74, 6) is 0.220. The predicted molar refractivity (Wildman–Crippen MR) is 88.6 cm³/mol. The highest BCUT2D eigenvalue weighted by molar-refractivity contribution is 9.10. The zero-order valence-corrected chi connectivity index (χ0v) is 13.7. The fourth-order valence-electron chi connectivity index (χ4n) is 2.13. The number of rotatable bonds is 4. The van der Waals surface area contributed by atoms with E-state index in [1.54, 1.807) is 30.3 Å². The van der Waals surface area contributed by atoms with Crippen molar-refractivity contribution in [1.29, 1.82) is 5.26 Å². The second-order valence-electron chi connectivity index (χ2n) is 4.61. The maximum atomic E-state index is 10.0. The van der Waals surface area contributed by atoms with Crippen LogP contribution < -0.4 is 5.32 Å². The van der Waals surface area contributed by atoms with Crippen LogP contribution >= 0.6 is 27.5 Å². The van der Waals surface area contributed by atoms with Crippen molar-refractivity contribution in [1.82, 2.24) is 0 Å². The first kappa shape index (κ1) is 15.7. The van der Waals surface area contributed by atoms with Crippen molar-refractivity contribution in [2.45, 2.75) is 19.4 Å². The summed E-state index contributed by atoms with van der Waals surface area (Å²) < 4.78 is 0.891. The van der Waals surface area contributed by atoms with Gasteiger partial charge in [0.25, 0.3) is 0 Å². The number of hydrogen-bond acceptors (Lipinski definition) is 3. The van der Waals surface area contributed by atoms with Gasteiger partial charge < -0.3 is 10.4 Å². The van der Waals surface area contributed by atoms with Gasteiger partial charge in [-0.2, -0.15) is 5.26 Å². The third kappa shape index (κ3) is 3.69. The van der Waals surface area contributed by atoms with Crippen LogP contribution in [0.15, 0.2) is 40.9 Å². The monoisotopic (exact) mass is 364 g/mol. The van der Waals surface area contributed by atoms with Gasteiger partial charge in [-0.05, 0) is 42.8 Å². The molecule has 0 aliphatic rings. The maximum Gasteiger partial charge on any atom is 0.120 e. The van der Waals surface area contributed by atoms with Crippen molar-refractivity contribution in [2.75, 3.05) is 5.32 Å². The Hall–Kier alpha value is -1.70. The van der Waals surface area contributed by atoms with Crippen LogP contribution in [0.4, 0.5) is 5.69 Å². The summed E-state index contributed by atoms with van der Waals surface area (Å²) in [5, 5.41) is 23.1. The van der Waals surface area contributed by atoms with E-state index in [-0.39, 0.29) is 11.8 Å². The zero-order chi connectivity index (χ0) is 15.4. The lowest BCUT2D eigenvalue weighted by atomic mass is 10.0. The van der Waals surface area contributed by atoms with Crippen molar-refractivity contribution in [2.24, 2.45) is 0 Å². The van der Waals surface area contributed by atoms with Gasteiger partial charge in [0.2, 0.25) is 0 Å². The normalized spacial score (nSPS) is 11.7. The van der Waals surface area contributed by atoms with Crippen LogP contribution in [-0.4, -0.2) is 5.11 Å². The Balaban J connectivity index is 2.38. The first-order valence-electron chi connectivity index (χ1n) is 6.49. The third-order valence-corrected chi connectivity index (χ3v) is 3.93. The summed E-state index contributed by atoms with van der Waals surface area (Å²) in [4.78, 5) is 0. The standard InChI is InChI=1S/C16H14BrClN2O/c1-2-14(13-7-11(17)4-6-16(13)21)20-15-8-12(18)5-3-10(15)9-19/h3-8,14,20-21H,2H2,1H3. The van der Waals surface area contributed by atoms with Crippen LogP contribution in [0.25, 0.3) is 0 Å². The molecule has 0 saturated heterocycles. The molecule has 2 rings (SSSR count). The minimum absolute atomic E-state index is 0.118. The number of phenols is 1. The Morgan fingerprint density at radius 1 is 1.33 bits per heavy atom. The molecule has 0 aliphatic heterocycles. The number of nitrogens with one attached hydrogen (secondary N) is 1. The molecule has 2 aromatic carbocycles. The predicted octanol–water partition coefficient (Wildman–Crippen LogP) is 5.24. The Morgan fingerprint density at radius 2 is 2.10 bits per heavy atom. The van der Waals surface area contributed by atoms with Gasteiger partial charge in [-0.1, -0.05) is 34.5 Å². The van der Waals surface area contributed by atoms with Gasteiger partial charge in [-0.3, -0.25) is 0 Å². The van der Waals surface area contributed by atoms with E-state index in [1.807, 2.05) is 13.0 Å². The molecule has 0 heterocycles. The molecular formula is C16H14BrClN2O. The summed E-state index contributed by atoms with van der Waals surface area (Å²) in [6, 6.07) is 12.4. The van der Waals surface area contributed by atoms with E-state index < -0.39 is 0 Å². The summed E-state index contributed by atoms with van der Waals surface area (Å²) in [6.07, 6.45) is 0.751. The number of aromatic hydroxyl groups is 1. The second-order valence-corrected chi connectivity index (χ2v) is 5.96. The minimum atomic E-state index is -0.118. The molecule has 2 N–H and O–H groups in total. The zero-order valence-electron chi connectivity index (χ0n) is 11.4. The van der Waals surface area contributed by atoms with Gasteiger partial charge >= 0.3 is 0 Å². The van der Waals surface area contributed by atoms with Crippen LogP contribution in [0.3, 0.4) is 0 Å². The number of halogens is 2. The molecule has 0 spiro atoms.